The van der Waals surface area contributed by atoms with E-state index in [0.717, 1.165) is 4.48 Å². The summed E-state index contributed by atoms with van der Waals surface area (Å²) in [6.45, 7) is 0. The van der Waals surface area contributed by atoms with Crippen molar-refractivity contribution in [1.82, 2.24) is 0 Å². The number of hydrogen-bond acceptors (Lipinski definition) is 0. The van der Waals surface area contributed by atoms with Crippen molar-refractivity contribution in [1.29, 1.82) is 0 Å². The molecule has 0 radical (unpaired) electrons. The van der Waals surface area contributed by atoms with Crippen molar-refractivity contribution in [2.24, 2.45) is 0 Å². The van der Waals surface area contributed by atoms with Crippen LogP contribution in [0.2, 0.25) is 0 Å². The maximum atomic E-state index is 2.12. The predicted octanol–water partition coefficient (Wildman–Crippen LogP) is -1.13. The molecule has 0 amide bonds. The Balaban J connectivity index is 0. The van der Waals surface area contributed by atoms with Crippen molar-refractivity contribution >= 4 is 8.41 Å². The first-order valence-electron chi connectivity index (χ1n) is 1.79. The molecular weight excluding hydrogens is 72.9 g/mol. The first-order chi connectivity index (χ1) is 2.00. The Morgan fingerprint density at radius 3 is 0.833 bits per heavy atom. The molecule has 0 aromatic carbocycles. The zero-order valence-electron chi connectivity index (χ0n) is 4.45. The summed E-state index contributed by atoms with van der Waals surface area (Å²) in [5.74, 6) is 0. The molecule has 0 N–H and O–H groups in total. The van der Waals surface area contributed by atoms with Gasteiger partial charge in [0.2, 0.25) is 0 Å². The second-order valence-corrected chi connectivity index (χ2v) is 2.68. The Morgan fingerprint density at radius 2 is 0.833 bits per heavy atom. The van der Waals surface area contributed by atoms with Crippen LogP contribution < -0.4 is 0 Å². The molecular formula is C4H16BN. The minimum absolute atomic E-state index is 0. The highest BCUT2D eigenvalue weighted by Crippen LogP contribution is 1.73. The molecule has 0 bridgehead atoms. The van der Waals surface area contributed by atoms with Gasteiger partial charge in [-0.1, -0.05) is 8.41 Å². The summed E-state index contributed by atoms with van der Waals surface area (Å²) in [4.78, 5) is 0. The summed E-state index contributed by atoms with van der Waals surface area (Å²) in [7, 11) is 8.50. The van der Waals surface area contributed by atoms with E-state index in [1.165, 1.54) is 0 Å². The van der Waals surface area contributed by atoms with Crippen molar-refractivity contribution in [3.63, 3.8) is 0 Å². The van der Waals surface area contributed by atoms with Gasteiger partial charge in [0.1, 0.15) is 0 Å². The molecule has 0 rings (SSSR count). The van der Waals surface area contributed by atoms with Crippen LogP contribution in [0.15, 0.2) is 0 Å². The van der Waals surface area contributed by atoms with E-state index in [-0.39, 0.29) is 8.41 Å². The molecule has 0 saturated carbocycles. The third-order valence-electron chi connectivity index (χ3n) is 0. The molecule has 40 valence electrons. The molecule has 0 aromatic rings. The van der Waals surface area contributed by atoms with Crippen molar-refractivity contribution in [3.8, 4) is 0 Å². The molecule has 0 aliphatic carbocycles. The molecule has 2 heteroatoms. The van der Waals surface area contributed by atoms with Crippen LogP contribution in [-0.2, 0) is 0 Å². The lowest BCUT2D eigenvalue weighted by Gasteiger charge is -2.14. The van der Waals surface area contributed by atoms with E-state index >= 15 is 0 Å². The van der Waals surface area contributed by atoms with E-state index in [1.54, 1.807) is 0 Å². The molecule has 0 aromatic heterocycles. The average Bonchev–Trinajstić information content (AvgIpc) is 0.722. The Bertz CT molecular complexity index is 23.0. The van der Waals surface area contributed by atoms with E-state index in [4.69, 9.17) is 0 Å². The zero-order chi connectivity index (χ0) is 4.50. The zero-order valence-corrected chi connectivity index (χ0v) is 4.45. The van der Waals surface area contributed by atoms with Crippen LogP contribution in [-0.4, -0.2) is 41.1 Å². The molecule has 0 fully saturated rings. The summed E-state index contributed by atoms with van der Waals surface area (Å²) in [6.07, 6.45) is 0. The van der Waals surface area contributed by atoms with E-state index in [9.17, 15) is 0 Å². The minimum atomic E-state index is 0. The molecule has 0 atom stereocenters. The SMILES string of the molecule is C[N+](C)(C)C.[BH4-]. The second-order valence-electron chi connectivity index (χ2n) is 2.68. The van der Waals surface area contributed by atoms with E-state index in [2.05, 4.69) is 28.2 Å². The summed E-state index contributed by atoms with van der Waals surface area (Å²) in [6, 6.07) is 0. The Kier molecular flexibility index (Phi) is 3.51. The molecule has 1 nitrogen and oxygen atoms in total. The topological polar surface area (TPSA) is 0 Å². The maximum Gasteiger partial charge on any atom is 0.0675 e. The Hall–Kier alpha value is 0.0249. The maximum absolute atomic E-state index is 2.12. The number of nitrogens with zero attached hydrogens (tertiary/aromatic N) is 1. The van der Waals surface area contributed by atoms with Crippen LogP contribution in [0.3, 0.4) is 0 Å². The number of rotatable bonds is 0. The van der Waals surface area contributed by atoms with Crippen LogP contribution in [0.5, 0.6) is 0 Å². The highest BCUT2D eigenvalue weighted by atomic mass is 15.2. The van der Waals surface area contributed by atoms with Crippen molar-refractivity contribution < 1.29 is 4.48 Å². The second kappa shape index (κ2) is 2.24. The molecule has 0 aliphatic rings. The van der Waals surface area contributed by atoms with Gasteiger partial charge in [-0.15, -0.1) is 0 Å². The van der Waals surface area contributed by atoms with Gasteiger partial charge in [-0.05, 0) is 0 Å². The molecule has 0 aliphatic heterocycles. The summed E-state index contributed by atoms with van der Waals surface area (Å²) < 4.78 is 1.00. The largest absolute Gasteiger partial charge is 0.333 e. The van der Waals surface area contributed by atoms with Crippen molar-refractivity contribution in [2.75, 3.05) is 28.2 Å². The number of hydrogen-bond donors (Lipinski definition) is 0. The highest BCUT2D eigenvalue weighted by Gasteiger charge is 1.88. The smallest absolute Gasteiger partial charge is 0.0675 e. The molecule has 0 heterocycles. The summed E-state index contributed by atoms with van der Waals surface area (Å²) in [5.41, 5.74) is 0. The monoisotopic (exact) mass is 89.1 g/mol. The van der Waals surface area contributed by atoms with Gasteiger partial charge in [0.05, 0.1) is 28.2 Å². The predicted molar refractivity (Wildman–Crippen MR) is 35.3 cm³/mol. The van der Waals surface area contributed by atoms with Gasteiger partial charge in [-0.3, -0.25) is 0 Å². The lowest BCUT2D eigenvalue weighted by molar-refractivity contribution is -0.849. The van der Waals surface area contributed by atoms with Gasteiger partial charge >= 0.3 is 0 Å². The minimum Gasteiger partial charge on any atom is -0.333 e. The van der Waals surface area contributed by atoms with Crippen LogP contribution in [0, 0.1) is 0 Å². The van der Waals surface area contributed by atoms with Crippen LogP contribution in [0.4, 0.5) is 0 Å². The lowest BCUT2D eigenvalue weighted by Crippen LogP contribution is -2.27. The molecule has 0 unspecified atom stereocenters. The summed E-state index contributed by atoms with van der Waals surface area (Å²) >= 11 is 0. The first-order valence-corrected chi connectivity index (χ1v) is 1.79. The van der Waals surface area contributed by atoms with Crippen molar-refractivity contribution in [3.05, 3.63) is 0 Å². The molecule has 0 saturated heterocycles. The van der Waals surface area contributed by atoms with E-state index in [0.29, 0.717) is 0 Å². The first kappa shape index (κ1) is 9.39. The average molecular weight is 89.0 g/mol. The van der Waals surface area contributed by atoms with Crippen LogP contribution in [0.1, 0.15) is 0 Å². The van der Waals surface area contributed by atoms with Gasteiger partial charge in [0.25, 0.3) is 0 Å². The standard InChI is InChI=1S/C4H12N.BH4/c1-5(2,3)4;/h1-4H3;1H4/q+1;-1. The van der Waals surface area contributed by atoms with Gasteiger partial charge in [0, 0.05) is 0 Å². The highest BCUT2D eigenvalue weighted by molar-refractivity contribution is 5.75. The molecule has 0 spiro atoms. The third kappa shape index (κ3) is 59200. The van der Waals surface area contributed by atoms with E-state index < -0.39 is 0 Å². The third-order valence-corrected chi connectivity index (χ3v) is 0. The van der Waals surface area contributed by atoms with Crippen molar-refractivity contribution in [2.45, 2.75) is 0 Å². The van der Waals surface area contributed by atoms with Crippen LogP contribution >= 0.6 is 0 Å². The fourth-order valence-electron chi connectivity index (χ4n) is 0. The van der Waals surface area contributed by atoms with Crippen LogP contribution in [0.25, 0.3) is 0 Å². The van der Waals surface area contributed by atoms with Gasteiger partial charge in [0.15, 0.2) is 0 Å². The fourth-order valence-corrected chi connectivity index (χ4v) is 0. The Labute approximate surface area is 42.1 Å². The Morgan fingerprint density at radius 1 is 0.833 bits per heavy atom. The molecule has 6 heavy (non-hydrogen) atoms. The van der Waals surface area contributed by atoms with Gasteiger partial charge < -0.3 is 4.48 Å². The lowest BCUT2D eigenvalue weighted by atomic mass is 10.8. The normalized spacial score (nSPS) is 10.0. The number of quaternary nitrogens is 1. The fraction of sp³-hybridized carbons (Fsp3) is 1.00. The van der Waals surface area contributed by atoms with Gasteiger partial charge in [-0.2, -0.15) is 0 Å². The van der Waals surface area contributed by atoms with E-state index in [1.807, 2.05) is 0 Å². The quantitative estimate of drug-likeness (QED) is 0.260. The summed E-state index contributed by atoms with van der Waals surface area (Å²) in [5, 5.41) is 0. The van der Waals surface area contributed by atoms with Gasteiger partial charge in [-0.25, -0.2) is 0 Å².